The molecule has 1 saturated heterocycles. The fraction of sp³-hybridized carbons (Fsp3) is 0.636. The van der Waals surface area contributed by atoms with Crippen LogP contribution in [0.5, 0.6) is 0 Å². The highest BCUT2D eigenvalue weighted by Crippen LogP contribution is 2.23. The summed E-state index contributed by atoms with van der Waals surface area (Å²) in [6, 6.07) is 0. The zero-order valence-electron chi connectivity index (χ0n) is 10.4. The number of anilines is 1. The summed E-state index contributed by atoms with van der Waals surface area (Å²) in [6.45, 7) is 2.66. The van der Waals surface area contributed by atoms with E-state index in [2.05, 4.69) is 15.5 Å². The second-order valence-electron chi connectivity index (χ2n) is 4.10. The summed E-state index contributed by atoms with van der Waals surface area (Å²) in [5, 5.41) is 10.2. The highest BCUT2D eigenvalue weighted by atomic mass is 32.2. The Hall–Kier alpha value is -0.820. The van der Waals surface area contributed by atoms with Crippen LogP contribution in [0.4, 0.5) is 5.69 Å². The van der Waals surface area contributed by atoms with Gasteiger partial charge in [0.05, 0.1) is 11.4 Å². The molecule has 2 rings (SSSR count). The van der Waals surface area contributed by atoms with Crippen molar-refractivity contribution in [3.05, 3.63) is 11.4 Å². The molecule has 5 nitrogen and oxygen atoms in total. The zero-order chi connectivity index (χ0) is 13.0. The molecule has 0 aromatic carbocycles. The van der Waals surface area contributed by atoms with E-state index >= 15 is 0 Å². The molecule has 0 aliphatic carbocycles. The van der Waals surface area contributed by atoms with Crippen LogP contribution < -0.4 is 11.1 Å². The van der Waals surface area contributed by atoms with Crippen LogP contribution >= 0.6 is 23.5 Å². The molecule has 1 unspecified atom stereocenters. The summed E-state index contributed by atoms with van der Waals surface area (Å²) in [5.41, 5.74) is 7.47. The van der Waals surface area contributed by atoms with Gasteiger partial charge in [-0.3, -0.25) is 9.89 Å². The summed E-state index contributed by atoms with van der Waals surface area (Å²) in [6.07, 6.45) is 0.751. The fourth-order valence-corrected chi connectivity index (χ4v) is 4.39. The molecule has 1 aromatic rings. The van der Waals surface area contributed by atoms with Crippen LogP contribution in [-0.4, -0.2) is 45.2 Å². The number of amides is 1. The third-order valence-corrected chi connectivity index (χ3v) is 5.67. The van der Waals surface area contributed by atoms with Gasteiger partial charge in [0.1, 0.15) is 0 Å². The lowest BCUT2D eigenvalue weighted by molar-refractivity contribution is 0.0950. The predicted molar refractivity (Wildman–Crippen MR) is 78.3 cm³/mol. The predicted octanol–water partition coefficient (Wildman–Crippen LogP) is 1.13. The minimum atomic E-state index is -0.181. The number of carbonyl (C=O) groups excluding carboxylic acids is 1. The maximum absolute atomic E-state index is 11.9. The first-order chi connectivity index (χ1) is 8.72. The number of hydrogen-bond donors (Lipinski definition) is 3. The van der Waals surface area contributed by atoms with Gasteiger partial charge in [-0.05, 0) is 6.42 Å². The van der Waals surface area contributed by atoms with Gasteiger partial charge >= 0.3 is 0 Å². The van der Waals surface area contributed by atoms with Gasteiger partial charge in [0.25, 0.3) is 5.91 Å². The number of nitrogen functional groups attached to an aromatic ring is 1. The SMILES string of the molecule is CCc1[nH]nc(C(=O)NCC2CSCCS2)c1N. The Kier molecular flexibility index (Phi) is 4.82. The molecule has 1 aliphatic rings. The number of aromatic amines is 1. The molecule has 1 atom stereocenters. The lowest BCUT2D eigenvalue weighted by Gasteiger charge is -2.20. The average molecular weight is 286 g/mol. The van der Waals surface area contributed by atoms with Crippen LogP contribution in [0.1, 0.15) is 23.1 Å². The van der Waals surface area contributed by atoms with E-state index in [0.29, 0.717) is 23.2 Å². The van der Waals surface area contributed by atoms with Crippen molar-refractivity contribution in [3.8, 4) is 0 Å². The normalized spacial score (nSPS) is 19.7. The van der Waals surface area contributed by atoms with Gasteiger partial charge in [0, 0.05) is 29.1 Å². The maximum Gasteiger partial charge on any atom is 0.273 e. The van der Waals surface area contributed by atoms with Gasteiger partial charge in [-0.1, -0.05) is 6.92 Å². The van der Waals surface area contributed by atoms with E-state index in [-0.39, 0.29) is 5.91 Å². The molecule has 7 heteroatoms. The van der Waals surface area contributed by atoms with Crippen LogP contribution in [0.25, 0.3) is 0 Å². The van der Waals surface area contributed by atoms with Crippen LogP contribution in [0.3, 0.4) is 0 Å². The minimum Gasteiger partial charge on any atom is -0.395 e. The van der Waals surface area contributed by atoms with E-state index in [1.165, 1.54) is 5.75 Å². The van der Waals surface area contributed by atoms with Crippen molar-refractivity contribution in [2.24, 2.45) is 0 Å². The van der Waals surface area contributed by atoms with E-state index < -0.39 is 0 Å². The first-order valence-corrected chi connectivity index (χ1v) is 8.23. The number of aryl methyl sites for hydroxylation is 1. The van der Waals surface area contributed by atoms with Crippen molar-refractivity contribution in [2.45, 2.75) is 18.6 Å². The molecule has 1 fully saturated rings. The molecule has 4 N–H and O–H groups in total. The largest absolute Gasteiger partial charge is 0.395 e. The number of nitrogens with zero attached hydrogens (tertiary/aromatic N) is 1. The zero-order valence-corrected chi connectivity index (χ0v) is 12.0. The van der Waals surface area contributed by atoms with Gasteiger partial charge < -0.3 is 11.1 Å². The Morgan fingerprint density at radius 1 is 1.61 bits per heavy atom. The van der Waals surface area contributed by atoms with E-state index in [9.17, 15) is 4.79 Å². The molecular formula is C11H18N4OS2. The first kappa shape index (κ1) is 13.6. The molecule has 1 aromatic heterocycles. The van der Waals surface area contributed by atoms with Gasteiger partial charge in [-0.15, -0.1) is 0 Å². The monoisotopic (exact) mass is 286 g/mol. The Balaban J connectivity index is 1.88. The van der Waals surface area contributed by atoms with Gasteiger partial charge in [0.15, 0.2) is 5.69 Å². The minimum absolute atomic E-state index is 0.181. The highest BCUT2D eigenvalue weighted by molar-refractivity contribution is 8.06. The molecule has 0 bridgehead atoms. The summed E-state index contributed by atoms with van der Waals surface area (Å²) >= 11 is 3.86. The Labute approximate surface area is 115 Å². The van der Waals surface area contributed by atoms with Crippen molar-refractivity contribution < 1.29 is 4.79 Å². The smallest absolute Gasteiger partial charge is 0.273 e. The van der Waals surface area contributed by atoms with E-state index in [1.54, 1.807) is 0 Å². The number of carbonyl (C=O) groups is 1. The van der Waals surface area contributed by atoms with Crippen LogP contribution in [-0.2, 0) is 6.42 Å². The summed E-state index contributed by atoms with van der Waals surface area (Å²) in [5.74, 6) is 3.29. The van der Waals surface area contributed by atoms with Crippen molar-refractivity contribution in [1.82, 2.24) is 15.5 Å². The molecular weight excluding hydrogens is 268 g/mol. The lowest BCUT2D eigenvalue weighted by Crippen LogP contribution is -2.33. The van der Waals surface area contributed by atoms with Crippen molar-refractivity contribution in [2.75, 3.05) is 29.5 Å². The molecule has 1 amide bonds. The number of aromatic nitrogens is 2. The van der Waals surface area contributed by atoms with E-state index in [1.807, 2.05) is 30.4 Å². The quantitative estimate of drug-likeness (QED) is 0.773. The highest BCUT2D eigenvalue weighted by Gasteiger charge is 2.19. The molecule has 18 heavy (non-hydrogen) atoms. The van der Waals surface area contributed by atoms with Gasteiger partial charge in [0.2, 0.25) is 0 Å². The van der Waals surface area contributed by atoms with Crippen molar-refractivity contribution in [3.63, 3.8) is 0 Å². The molecule has 0 saturated carbocycles. The van der Waals surface area contributed by atoms with Gasteiger partial charge in [-0.2, -0.15) is 28.6 Å². The molecule has 0 spiro atoms. The summed E-state index contributed by atoms with van der Waals surface area (Å²) in [7, 11) is 0. The lowest BCUT2D eigenvalue weighted by atomic mass is 10.2. The number of hydrogen-bond acceptors (Lipinski definition) is 5. The third-order valence-electron chi connectivity index (χ3n) is 2.83. The summed E-state index contributed by atoms with van der Waals surface area (Å²) in [4.78, 5) is 11.9. The summed E-state index contributed by atoms with van der Waals surface area (Å²) < 4.78 is 0. The molecule has 100 valence electrons. The second kappa shape index (κ2) is 6.38. The van der Waals surface area contributed by atoms with Crippen molar-refractivity contribution >= 4 is 35.1 Å². The van der Waals surface area contributed by atoms with Crippen LogP contribution in [0, 0.1) is 0 Å². The Bertz CT molecular complexity index is 415. The first-order valence-electron chi connectivity index (χ1n) is 6.02. The van der Waals surface area contributed by atoms with Crippen LogP contribution in [0.15, 0.2) is 0 Å². The average Bonchev–Trinajstić information content (AvgIpc) is 2.78. The fourth-order valence-electron chi connectivity index (χ4n) is 1.77. The van der Waals surface area contributed by atoms with Crippen LogP contribution in [0.2, 0.25) is 0 Å². The number of H-pyrrole nitrogens is 1. The number of nitrogens with two attached hydrogens (primary N) is 1. The Morgan fingerprint density at radius 2 is 2.44 bits per heavy atom. The topological polar surface area (TPSA) is 83.8 Å². The van der Waals surface area contributed by atoms with Crippen molar-refractivity contribution in [1.29, 1.82) is 0 Å². The Morgan fingerprint density at radius 3 is 3.06 bits per heavy atom. The number of rotatable bonds is 4. The number of nitrogens with one attached hydrogen (secondary N) is 2. The molecule has 2 heterocycles. The molecule has 0 radical (unpaired) electrons. The third kappa shape index (κ3) is 3.14. The number of thioether (sulfide) groups is 2. The molecule has 1 aliphatic heterocycles. The van der Waals surface area contributed by atoms with E-state index in [0.717, 1.165) is 23.6 Å². The maximum atomic E-state index is 11.9. The van der Waals surface area contributed by atoms with E-state index in [4.69, 9.17) is 5.73 Å². The second-order valence-corrected chi connectivity index (χ2v) is 6.65. The van der Waals surface area contributed by atoms with Gasteiger partial charge in [-0.25, -0.2) is 0 Å². The standard InChI is InChI=1S/C11H18N4OS2/c1-2-8-9(12)10(15-14-8)11(16)13-5-7-6-17-3-4-18-7/h7H,2-6,12H2,1H3,(H,13,16)(H,14,15).